The average Bonchev–Trinajstić information content (AvgIpc) is 2.89. The molecule has 0 spiro atoms. The van der Waals surface area contributed by atoms with Gasteiger partial charge in [0.2, 0.25) is 0 Å². The van der Waals surface area contributed by atoms with E-state index in [1.165, 1.54) is 0 Å². The number of nitrogens with one attached hydrogen (secondary N) is 1. The number of hydrogen-bond acceptors (Lipinski definition) is 7. The number of guanidine groups is 1. The van der Waals surface area contributed by atoms with Crippen molar-refractivity contribution in [1.82, 2.24) is 20.0 Å². The molecular weight excluding hydrogens is 489 g/mol. The maximum absolute atomic E-state index is 12.3. The maximum atomic E-state index is 12.3. The van der Waals surface area contributed by atoms with Crippen molar-refractivity contribution in [3.05, 3.63) is 0 Å². The van der Waals surface area contributed by atoms with Crippen LogP contribution in [0, 0.1) is 0 Å². The minimum Gasteiger partial charge on any atom is -0.444 e. The van der Waals surface area contributed by atoms with Crippen LogP contribution in [0.25, 0.3) is 0 Å². The number of halogens is 1. The van der Waals surface area contributed by atoms with Crippen LogP contribution in [0.15, 0.2) is 4.99 Å². The van der Waals surface area contributed by atoms with Gasteiger partial charge < -0.3 is 29.5 Å². The lowest BCUT2D eigenvalue weighted by molar-refractivity contribution is 0.00649. The Morgan fingerprint density at radius 2 is 1.48 bits per heavy atom. The summed E-state index contributed by atoms with van der Waals surface area (Å²) < 4.78 is 10.9. The van der Waals surface area contributed by atoms with Crippen LogP contribution in [0.4, 0.5) is 9.59 Å². The molecule has 2 fully saturated rings. The number of likely N-dealkylation sites (tertiary alicyclic amines) is 1. The monoisotopic (exact) mass is 523 g/mol. The number of rotatable bonds is 1. The summed E-state index contributed by atoms with van der Waals surface area (Å²) >= 11 is 0. The van der Waals surface area contributed by atoms with Gasteiger partial charge in [-0.3, -0.25) is 4.99 Å². The Kier molecular flexibility index (Phi) is 7.17. The summed E-state index contributed by atoms with van der Waals surface area (Å²) in [5.74, 6) is 0.864. The molecule has 9 nitrogen and oxygen atoms in total. The highest BCUT2D eigenvalue weighted by molar-refractivity contribution is 14.0. The van der Waals surface area contributed by atoms with Crippen LogP contribution in [0.2, 0.25) is 0 Å². The summed E-state index contributed by atoms with van der Waals surface area (Å²) in [6.45, 7) is 15.0. The van der Waals surface area contributed by atoms with Crippen molar-refractivity contribution in [1.29, 1.82) is 0 Å². The van der Waals surface area contributed by atoms with E-state index in [1.807, 2.05) is 41.5 Å². The second-order valence-electron chi connectivity index (χ2n) is 9.66. The molecule has 3 rings (SSSR count). The Morgan fingerprint density at radius 1 is 0.931 bits per heavy atom. The van der Waals surface area contributed by atoms with Crippen LogP contribution in [-0.4, -0.2) is 95.4 Å². The summed E-state index contributed by atoms with van der Waals surface area (Å²) in [6, 6.07) is 0.347. The molecule has 0 aromatic heterocycles. The van der Waals surface area contributed by atoms with Gasteiger partial charge in [-0.15, -0.1) is 24.0 Å². The largest absolute Gasteiger partial charge is 0.444 e. The molecule has 0 aliphatic carbocycles. The minimum absolute atomic E-state index is 0. The molecule has 2 saturated heterocycles. The quantitative estimate of drug-likeness (QED) is 0.530. The first-order valence-electron chi connectivity index (χ1n) is 9.95. The second-order valence-corrected chi connectivity index (χ2v) is 9.66. The zero-order chi connectivity index (χ0) is 20.7. The fourth-order valence-electron chi connectivity index (χ4n) is 3.42. The van der Waals surface area contributed by atoms with E-state index in [1.54, 1.807) is 9.80 Å². The molecule has 10 heteroatoms. The summed E-state index contributed by atoms with van der Waals surface area (Å²) in [5.41, 5.74) is -0.969. The summed E-state index contributed by atoms with van der Waals surface area (Å²) in [4.78, 5) is 34.6. The lowest BCUT2D eigenvalue weighted by atomic mass is 10.1. The zero-order valence-electron chi connectivity index (χ0n) is 18.2. The SMILES string of the molecule is CC(C)(C)OC(=O)N1CC(NC2=NCC3CN(C(=O)OC(C)(C)C)CCN23)C1.I. The normalized spacial score (nSPS) is 22.2. The van der Waals surface area contributed by atoms with E-state index in [0.29, 0.717) is 32.7 Å². The van der Waals surface area contributed by atoms with E-state index in [4.69, 9.17) is 9.47 Å². The van der Waals surface area contributed by atoms with Crippen molar-refractivity contribution in [2.75, 3.05) is 39.3 Å². The number of aliphatic imine (C=N–C) groups is 1. The van der Waals surface area contributed by atoms with Crippen LogP contribution >= 0.6 is 24.0 Å². The van der Waals surface area contributed by atoms with Crippen molar-refractivity contribution >= 4 is 42.1 Å². The molecule has 166 valence electrons. The van der Waals surface area contributed by atoms with E-state index in [-0.39, 0.29) is 48.2 Å². The predicted molar refractivity (Wildman–Crippen MR) is 121 cm³/mol. The first-order chi connectivity index (χ1) is 12.9. The van der Waals surface area contributed by atoms with Gasteiger partial charge in [0.25, 0.3) is 0 Å². The van der Waals surface area contributed by atoms with Crippen LogP contribution in [0.5, 0.6) is 0 Å². The van der Waals surface area contributed by atoms with E-state index >= 15 is 0 Å². The fraction of sp³-hybridized carbons (Fsp3) is 0.842. The van der Waals surface area contributed by atoms with Gasteiger partial charge >= 0.3 is 12.2 Å². The Hall–Kier alpha value is -1.46. The molecule has 3 heterocycles. The molecule has 0 aromatic carbocycles. The number of ether oxygens (including phenoxy) is 2. The van der Waals surface area contributed by atoms with Crippen molar-refractivity contribution < 1.29 is 19.1 Å². The number of piperazine rings is 1. The summed E-state index contributed by atoms with van der Waals surface area (Å²) in [6.07, 6.45) is -0.539. The third-order valence-corrected chi connectivity index (χ3v) is 4.72. The van der Waals surface area contributed by atoms with Crippen molar-refractivity contribution in [3.8, 4) is 0 Å². The fourth-order valence-corrected chi connectivity index (χ4v) is 3.42. The lowest BCUT2D eigenvalue weighted by Gasteiger charge is -2.43. The smallest absolute Gasteiger partial charge is 0.410 e. The Bertz CT molecular complexity index is 652. The molecule has 3 aliphatic heterocycles. The third kappa shape index (κ3) is 6.26. The number of carbonyl (C=O) groups excluding carboxylic acids is 2. The van der Waals surface area contributed by atoms with Gasteiger partial charge in [0.15, 0.2) is 5.96 Å². The van der Waals surface area contributed by atoms with Crippen LogP contribution in [0.1, 0.15) is 41.5 Å². The number of hydrogen-bond donors (Lipinski definition) is 1. The topological polar surface area (TPSA) is 86.7 Å². The standard InChI is InChI=1S/C19H33N5O4.HI/c1-18(2,3)27-16(25)22-7-8-24-14(12-22)9-20-15(24)21-13-10-23(11-13)17(26)28-19(4,5)6;/h13-14H,7-12H2,1-6H3,(H,20,21);1H. The number of amides is 2. The molecule has 29 heavy (non-hydrogen) atoms. The Labute approximate surface area is 190 Å². The number of carbonyl (C=O) groups is 2. The molecule has 1 unspecified atom stereocenters. The first-order valence-corrected chi connectivity index (χ1v) is 9.95. The van der Waals surface area contributed by atoms with Crippen molar-refractivity contribution in [2.24, 2.45) is 4.99 Å². The van der Waals surface area contributed by atoms with Gasteiger partial charge in [-0.1, -0.05) is 0 Å². The molecule has 1 N–H and O–H groups in total. The lowest BCUT2D eigenvalue weighted by Crippen LogP contribution is -2.65. The molecule has 0 saturated carbocycles. The molecule has 1 atom stereocenters. The molecule has 0 radical (unpaired) electrons. The molecule has 3 aliphatic rings. The average molecular weight is 523 g/mol. The van der Waals surface area contributed by atoms with E-state index < -0.39 is 11.2 Å². The molecule has 2 amide bonds. The zero-order valence-corrected chi connectivity index (χ0v) is 20.6. The molecular formula is C19H34IN5O4. The Morgan fingerprint density at radius 3 is 2.03 bits per heavy atom. The maximum Gasteiger partial charge on any atom is 0.410 e. The summed E-state index contributed by atoms with van der Waals surface area (Å²) in [5, 5.41) is 3.44. The van der Waals surface area contributed by atoms with Crippen molar-refractivity contribution in [2.45, 2.75) is 64.8 Å². The van der Waals surface area contributed by atoms with Gasteiger partial charge in [-0.05, 0) is 41.5 Å². The highest BCUT2D eigenvalue weighted by atomic mass is 127. The number of fused-ring (bicyclic) bond motifs is 1. The Balaban J connectivity index is 0.00000300. The predicted octanol–water partition coefficient (Wildman–Crippen LogP) is 2.10. The van der Waals surface area contributed by atoms with E-state index in [2.05, 4.69) is 15.2 Å². The highest BCUT2D eigenvalue weighted by Gasteiger charge is 2.39. The minimum atomic E-state index is -0.489. The summed E-state index contributed by atoms with van der Waals surface area (Å²) in [7, 11) is 0. The molecule has 0 bridgehead atoms. The van der Waals surface area contributed by atoms with Gasteiger partial charge in [0.1, 0.15) is 11.2 Å². The van der Waals surface area contributed by atoms with Crippen LogP contribution in [-0.2, 0) is 9.47 Å². The number of nitrogens with zero attached hydrogens (tertiary/aromatic N) is 4. The van der Waals surface area contributed by atoms with Crippen molar-refractivity contribution in [3.63, 3.8) is 0 Å². The van der Waals surface area contributed by atoms with Gasteiger partial charge in [-0.25, -0.2) is 9.59 Å². The molecule has 0 aromatic rings. The van der Waals surface area contributed by atoms with E-state index in [0.717, 1.165) is 12.5 Å². The first kappa shape index (κ1) is 23.8. The second kappa shape index (κ2) is 8.73. The van der Waals surface area contributed by atoms with Crippen LogP contribution < -0.4 is 5.32 Å². The van der Waals surface area contributed by atoms with Gasteiger partial charge in [0.05, 0.1) is 18.6 Å². The van der Waals surface area contributed by atoms with Crippen LogP contribution in [0.3, 0.4) is 0 Å². The van der Waals surface area contributed by atoms with E-state index in [9.17, 15) is 9.59 Å². The van der Waals surface area contributed by atoms with Gasteiger partial charge in [0, 0.05) is 32.7 Å². The van der Waals surface area contributed by atoms with Gasteiger partial charge in [-0.2, -0.15) is 0 Å². The highest BCUT2D eigenvalue weighted by Crippen LogP contribution is 2.20. The third-order valence-electron chi connectivity index (χ3n) is 4.72.